The molecule has 0 aliphatic heterocycles. The molecule has 0 saturated heterocycles. The molecule has 0 bridgehead atoms. The van der Waals surface area contributed by atoms with E-state index in [4.69, 9.17) is 0 Å². The Labute approximate surface area is 77.1 Å². The fourth-order valence-corrected chi connectivity index (χ4v) is 0.287. The van der Waals surface area contributed by atoms with Crippen molar-refractivity contribution in [2.45, 2.75) is 19.9 Å². The van der Waals surface area contributed by atoms with E-state index in [0.29, 0.717) is 0 Å². The molecule has 0 unspecified atom stereocenters. The first-order chi connectivity index (χ1) is 3.63. The van der Waals surface area contributed by atoms with Crippen LogP contribution in [0.2, 0.25) is 0 Å². The van der Waals surface area contributed by atoms with Crippen molar-refractivity contribution < 1.29 is 39.5 Å². The number of carbonyl (C=O) groups is 1. The minimum Gasteiger partial charge on any atom is -0.549 e. The molecule has 48 valence electrons. The first-order valence-corrected chi connectivity index (χ1v) is 2.56. The van der Waals surface area contributed by atoms with Crippen LogP contribution >= 0.6 is 0 Å². The molecule has 0 amide bonds. The minimum absolute atomic E-state index is 0. The van der Waals surface area contributed by atoms with E-state index in [9.17, 15) is 9.90 Å². The van der Waals surface area contributed by atoms with E-state index in [1.165, 1.54) is 0 Å². The average Bonchev–Trinajstić information content (AvgIpc) is 1.61. The molecule has 0 aromatic heterocycles. The van der Waals surface area contributed by atoms with Gasteiger partial charge >= 0.3 is 29.6 Å². The van der Waals surface area contributed by atoms with Crippen molar-refractivity contribution in [3.63, 3.8) is 0 Å². The number of carboxylic acids is 1. The largest absolute Gasteiger partial charge is 1.00 e. The van der Waals surface area contributed by atoms with Crippen LogP contribution < -0.4 is 40.0 Å². The van der Waals surface area contributed by atoms with Crippen LogP contribution in [0.1, 0.15) is 13.8 Å². The molecule has 0 heterocycles. The van der Waals surface area contributed by atoms with Gasteiger partial charge < -0.3 is 15.2 Å². The Balaban J connectivity index is 0. The summed E-state index contributed by atoms with van der Waals surface area (Å²) in [6.45, 7) is 3.70. The van der Waals surface area contributed by atoms with E-state index in [2.05, 4.69) is 5.32 Å². The Morgan fingerprint density at radius 2 is 2.11 bits per heavy atom. The van der Waals surface area contributed by atoms with Crippen LogP contribution in [-0.4, -0.2) is 18.6 Å². The quantitative estimate of drug-likeness (QED) is 0.403. The first-order valence-electron chi connectivity index (χ1n) is 2.56. The Morgan fingerprint density at radius 1 is 1.67 bits per heavy atom. The molecule has 4 heteroatoms. The van der Waals surface area contributed by atoms with Crippen molar-refractivity contribution in [1.82, 2.24) is 5.32 Å². The van der Waals surface area contributed by atoms with Gasteiger partial charge in [0, 0.05) is 12.6 Å². The average molecular weight is 139 g/mol. The number of hydrogen-bond donors (Lipinski definition) is 1. The maximum Gasteiger partial charge on any atom is 1.00 e. The predicted octanol–water partition coefficient (Wildman–Crippen LogP) is -4.26. The molecule has 3 nitrogen and oxygen atoms in total. The normalized spacial score (nSPS) is 8.78. The molecular weight excluding hydrogens is 129 g/mol. The molecular formula is C5H10NNaO2. The summed E-state index contributed by atoms with van der Waals surface area (Å²) in [5.74, 6) is -1.06. The summed E-state index contributed by atoms with van der Waals surface area (Å²) in [5, 5.41) is 12.4. The van der Waals surface area contributed by atoms with Crippen molar-refractivity contribution in [3.05, 3.63) is 0 Å². The van der Waals surface area contributed by atoms with Crippen LogP contribution in [-0.2, 0) is 4.79 Å². The van der Waals surface area contributed by atoms with Gasteiger partial charge in [0.25, 0.3) is 0 Å². The Morgan fingerprint density at radius 3 is 2.22 bits per heavy atom. The van der Waals surface area contributed by atoms with Crippen molar-refractivity contribution >= 4 is 5.97 Å². The standard InChI is InChI=1S/C5H11NO2.Na/c1-4(2)6-3-5(7)8;/h4,6H,3H2,1-2H3,(H,7,8);/q;+1/p-1. The molecule has 1 N–H and O–H groups in total. The van der Waals surface area contributed by atoms with Crippen LogP contribution in [0.4, 0.5) is 0 Å². The summed E-state index contributed by atoms with van der Waals surface area (Å²) in [7, 11) is 0. The van der Waals surface area contributed by atoms with E-state index < -0.39 is 5.97 Å². The monoisotopic (exact) mass is 139 g/mol. The van der Waals surface area contributed by atoms with Gasteiger partial charge in [-0.25, -0.2) is 0 Å². The number of carboxylic acid groups (broad SMARTS) is 1. The smallest absolute Gasteiger partial charge is 0.549 e. The molecule has 0 aliphatic carbocycles. The third-order valence-corrected chi connectivity index (χ3v) is 0.655. The number of hydrogen-bond acceptors (Lipinski definition) is 3. The van der Waals surface area contributed by atoms with Crippen LogP contribution in [0.3, 0.4) is 0 Å². The van der Waals surface area contributed by atoms with E-state index in [-0.39, 0.29) is 42.1 Å². The Hall–Kier alpha value is 0.430. The van der Waals surface area contributed by atoms with Gasteiger partial charge in [0.1, 0.15) is 0 Å². The molecule has 0 rings (SSSR count). The van der Waals surface area contributed by atoms with Gasteiger partial charge in [0.15, 0.2) is 0 Å². The summed E-state index contributed by atoms with van der Waals surface area (Å²) in [5.41, 5.74) is 0. The molecule has 0 aromatic rings. The summed E-state index contributed by atoms with van der Waals surface area (Å²) in [6.07, 6.45) is 0. The SMILES string of the molecule is CC(C)NCC(=O)[O-].[Na+]. The van der Waals surface area contributed by atoms with E-state index >= 15 is 0 Å². The Bertz CT molecular complexity index is 85.0. The number of rotatable bonds is 3. The zero-order valence-electron chi connectivity index (χ0n) is 6.10. The van der Waals surface area contributed by atoms with Crippen molar-refractivity contribution in [2.75, 3.05) is 6.54 Å². The van der Waals surface area contributed by atoms with Crippen LogP contribution in [0.15, 0.2) is 0 Å². The Kier molecular flexibility index (Phi) is 8.83. The third kappa shape index (κ3) is 11.8. The molecule has 0 aliphatic rings. The summed E-state index contributed by atoms with van der Waals surface area (Å²) in [4.78, 5) is 9.73. The van der Waals surface area contributed by atoms with E-state index in [1.54, 1.807) is 0 Å². The van der Waals surface area contributed by atoms with Crippen LogP contribution in [0.25, 0.3) is 0 Å². The topological polar surface area (TPSA) is 52.2 Å². The third-order valence-electron chi connectivity index (χ3n) is 0.655. The minimum atomic E-state index is -1.06. The van der Waals surface area contributed by atoms with Gasteiger partial charge in [-0.3, -0.25) is 0 Å². The molecule has 0 aromatic carbocycles. The number of carbonyl (C=O) groups excluding carboxylic acids is 1. The van der Waals surface area contributed by atoms with Crippen LogP contribution in [0.5, 0.6) is 0 Å². The predicted molar refractivity (Wildman–Crippen MR) is 28.1 cm³/mol. The van der Waals surface area contributed by atoms with Crippen molar-refractivity contribution in [3.8, 4) is 0 Å². The van der Waals surface area contributed by atoms with Crippen molar-refractivity contribution in [1.29, 1.82) is 0 Å². The zero-order valence-corrected chi connectivity index (χ0v) is 8.10. The summed E-state index contributed by atoms with van der Waals surface area (Å²) in [6, 6.07) is 0.216. The second kappa shape index (κ2) is 6.55. The van der Waals surface area contributed by atoms with Gasteiger partial charge in [-0.1, -0.05) is 13.8 Å². The molecule has 0 saturated carbocycles. The van der Waals surface area contributed by atoms with Gasteiger partial charge in [0.05, 0.1) is 5.97 Å². The maximum atomic E-state index is 9.73. The zero-order chi connectivity index (χ0) is 6.57. The molecule has 0 radical (unpaired) electrons. The summed E-state index contributed by atoms with van der Waals surface area (Å²) < 4.78 is 0. The number of nitrogens with one attached hydrogen (secondary N) is 1. The van der Waals surface area contributed by atoms with E-state index in [1.807, 2.05) is 13.8 Å². The van der Waals surface area contributed by atoms with Crippen LogP contribution in [0, 0.1) is 0 Å². The molecule has 0 spiro atoms. The van der Waals surface area contributed by atoms with E-state index in [0.717, 1.165) is 0 Å². The maximum absolute atomic E-state index is 9.73. The van der Waals surface area contributed by atoms with Gasteiger partial charge in [-0.15, -0.1) is 0 Å². The fraction of sp³-hybridized carbons (Fsp3) is 0.800. The van der Waals surface area contributed by atoms with Gasteiger partial charge in [0.2, 0.25) is 0 Å². The summed E-state index contributed by atoms with van der Waals surface area (Å²) >= 11 is 0. The first kappa shape index (κ1) is 12.1. The molecule has 0 atom stereocenters. The molecule has 9 heavy (non-hydrogen) atoms. The fourth-order valence-electron chi connectivity index (χ4n) is 0.287. The molecule has 0 fully saturated rings. The number of aliphatic carboxylic acids is 1. The second-order valence-corrected chi connectivity index (χ2v) is 1.91. The van der Waals surface area contributed by atoms with Crippen molar-refractivity contribution in [2.24, 2.45) is 0 Å². The second-order valence-electron chi connectivity index (χ2n) is 1.91. The van der Waals surface area contributed by atoms with Gasteiger partial charge in [-0.05, 0) is 0 Å². The van der Waals surface area contributed by atoms with Gasteiger partial charge in [-0.2, -0.15) is 0 Å².